The number of ether oxygens (including phenoxy) is 1. The molecule has 2 N–H and O–H groups in total. The maximum absolute atomic E-state index is 12.0. The molecule has 0 saturated heterocycles. The molecule has 2 rings (SSSR count). The van der Waals surface area contributed by atoms with Crippen LogP contribution in [-0.4, -0.2) is 20.8 Å². The van der Waals surface area contributed by atoms with Crippen LogP contribution in [0.3, 0.4) is 0 Å². The maximum Gasteiger partial charge on any atom is 0.157 e. The quantitative estimate of drug-likeness (QED) is 0.829. The highest BCUT2D eigenvalue weighted by atomic mass is 35.5. The molecule has 21 heavy (non-hydrogen) atoms. The molecule has 0 radical (unpaired) electrons. The molecule has 0 fully saturated rings. The molecular formula is C15H16ClNO3S. The molecule has 0 saturated carbocycles. The van der Waals surface area contributed by atoms with E-state index < -0.39 is 9.84 Å². The Hall–Kier alpha value is -1.72. The van der Waals surface area contributed by atoms with Gasteiger partial charge in [0, 0.05) is 10.7 Å². The van der Waals surface area contributed by atoms with Crippen LogP contribution >= 0.6 is 11.6 Å². The minimum atomic E-state index is -3.22. The molecule has 0 aliphatic heterocycles. The third-order valence-corrected chi connectivity index (χ3v) is 4.66. The second-order valence-electron chi connectivity index (χ2n) is 4.64. The molecule has 0 amide bonds. The first-order chi connectivity index (χ1) is 9.94. The first-order valence-electron chi connectivity index (χ1n) is 6.38. The molecule has 4 nitrogen and oxygen atoms in total. The lowest BCUT2D eigenvalue weighted by Gasteiger charge is -2.07. The van der Waals surface area contributed by atoms with Crippen molar-refractivity contribution in [3.05, 3.63) is 59.1 Å². The zero-order valence-electron chi connectivity index (χ0n) is 11.3. The van der Waals surface area contributed by atoms with E-state index in [1.54, 1.807) is 48.5 Å². The predicted octanol–water partition coefficient (Wildman–Crippen LogP) is 2.92. The molecule has 0 unspecified atom stereocenters. The largest absolute Gasteiger partial charge is 0.493 e. The average molecular weight is 326 g/mol. The summed E-state index contributed by atoms with van der Waals surface area (Å²) in [5.74, 6) is 0.542. The van der Waals surface area contributed by atoms with E-state index in [1.807, 2.05) is 0 Å². The fourth-order valence-corrected chi connectivity index (χ4v) is 3.07. The Balaban J connectivity index is 1.86. The van der Waals surface area contributed by atoms with Crippen molar-refractivity contribution in [1.29, 1.82) is 0 Å². The fourth-order valence-electron chi connectivity index (χ4n) is 1.76. The number of nitrogens with two attached hydrogens (primary N) is 1. The highest BCUT2D eigenvalue weighted by Gasteiger charge is 2.12. The van der Waals surface area contributed by atoms with Crippen LogP contribution in [0, 0.1) is 0 Å². The third-order valence-electron chi connectivity index (χ3n) is 2.84. The van der Waals surface area contributed by atoms with E-state index in [9.17, 15) is 8.42 Å². The van der Waals surface area contributed by atoms with E-state index >= 15 is 0 Å². The van der Waals surface area contributed by atoms with Gasteiger partial charge in [-0.2, -0.15) is 0 Å². The van der Waals surface area contributed by atoms with Gasteiger partial charge in [0.2, 0.25) is 0 Å². The van der Waals surface area contributed by atoms with Crippen molar-refractivity contribution >= 4 is 27.1 Å². The van der Waals surface area contributed by atoms with E-state index in [-0.39, 0.29) is 18.1 Å². The lowest BCUT2D eigenvalue weighted by molar-refractivity contribution is 0.341. The average Bonchev–Trinajstić information content (AvgIpc) is 2.43. The smallest absolute Gasteiger partial charge is 0.157 e. The summed E-state index contributed by atoms with van der Waals surface area (Å²) in [6.45, 7) is 0.111. The molecule has 0 atom stereocenters. The molecule has 112 valence electrons. The second kappa shape index (κ2) is 6.83. The number of benzene rings is 2. The number of halogens is 1. The van der Waals surface area contributed by atoms with Crippen LogP contribution < -0.4 is 10.5 Å². The van der Waals surface area contributed by atoms with Gasteiger partial charge in [0.1, 0.15) is 12.4 Å². The van der Waals surface area contributed by atoms with Crippen molar-refractivity contribution in [2.75, 3.05) is 18.1 Å². The summed E-state index contributed by atoms with van der Waals surface area (Å²) in [7, 11) is -3.22. The number of anilines is 1. The Morgan fingerprint density at radius 2 is 1.62 bits per heavy atom. The molecular weight excluding hydrogens is 310 g/mol. The zero-order valence-corrected chi connectivity index (χ0v) is 12.9. The van der Waals surface area contributed by atoms with Crippen LogP contribution in [0.5, 0.6) is 5.75 Å². The highest BCUT2D eigenvalue weighted by Crippen LogP contribution is 2.14. The highest BCUT2D eigenvalue weighted by molar-refractivity contribution is 7.90. The predicted molar refractivity (Wildman–Crippen MR) is 85.3 cm³/mol. The summed E-state index contributed by atoms with van der Waals surface area (Å²) in [5, 5.41) is 0.586. The third kappa shape index (κ3) is 5.28. The van der Waals surface area contributed by atoms with E-state index in [2.05, 4.69) is 0 Å². The van der Waals surface area contributed by atoms with Gasteiger partial charge in [-0.15, -0.1) is 0 Å². The van der Waals surface area contributed by atoms with Crippen molar-refractivity contribution in [2.24, 2.45) is 0 Å². The SMILES string of the molecule is Nc1ccc(OCCS(=O)(=O)Cc2ccc(Cl)cc2)cc1. The monoisotopic (exact) mass is 325 g/mol. The lowest BCUT2D eigenvalue weighted by Crippen LogP contribution is -2.15. The second-order valence-corrected chi connectivity index (χ2v) is 7.26. The van der Waals surface area contributed by atoms with Gasteiger partial charge in [-0.3, -0.25) is 0 Å². The van der Waals surface area contributed by atoms with E-state index in [0.717, 1.165) is 0 Å². The summed E-state index contributed by atoms with van der Waals surface area (Å²) in [5.41, 5.74) is 6.91. The van der Waals surface area contributed by atoms with Gasteiger partial charge in [0.25, 0.3) is 0 Å². The van der Waals surface area contributed by atoms with Gasteiger partial charge in [-0.25, -0.2) is 8.42 Å². The van der Waals surface area contributed by atoms with Crippen molar-refractivity contribution in [3.63, 3.8) is 0 Å². The Morgan fingerprint density at radius 3 is 2.24 bits per heavy atom. The topological polar surface area (TPSA) is 69.4 Å². The van der Waals surface area contributed by atoms with Crippen LogP contribution in [0.25, 0.3) is 0 Å². The maximum atomic E-state index is 12.0. The molecule has 0 aliphatic carbocycles. The standard InChI is InChI=1S/C15H16ClNO3S/c16-13-3-1-12(2-4-13)11-21(18,19)10-9-20-15-7-5-14(17)6-8-15/h1-8H,9-11,17H2. The Labute approximate surface area is 129 Å². The van der Waals surface area contributed by atoms with Gasteiger partial charge in [-0.1, -0.05) is 23.7 Å². The van der Waals surface area contributed by atoms with Crippen molar-refractivity contribution < 1.29 is 13.2 Å². The first kappa shape index (κ1) is 15.7. The number of hydrogen-bond donors (Lipinski definition) is 1. The number of rotatable bonds is 6. The number of hydrogen-bond acceptors (Lipinski definition) is 4. The Kier molecular flexibility index (Phi) is 5.09. The Bertz CT molecular complexity index is 682. The first-order valence-corrected chi connectivity index (χ1v) is 8.58. The molecule has 0 aliphatic rings. The number of nitrogen functional groups attached to an aromatic ring is 1. The summed E-state index contributed by atoms with van der Waals surface area (Å²) in [6, 6.07) is 13.6. The van der Waals surface area contributed by atoms with Gasteiger partial charge in [0.15, 0.2) is 9.84 Å². The van der Waals surface area contributed by atoms with Crippen LogP contribution in [0.2, 0.25) is 5.02 Å². The van der Waals surface area contributed by atoms with Crippen molar-refractivity contribution in [2.45, 2.75) is 5.75 Å². The van der Waals surface area contributed by atoms with Gasteiger partial charge in [0.05, 0.1) is 11.5 Å². The van der Waals surface area contributed by atoms with Gasteiger partial charge in [-0.05, 0) is 42.0 Å². The summed E-state index contributed by atoms with van der Waals surface area (Å²) in [4.78, 5) is 0. The summed E-state index contributed by atoms with van der Waals surface area (Å²) >= 11 is 5.77. The minimum Gasteiger partial charge on any atom is -0.493 e. The Morgan fingerprint density at radius 1 is 1.00 bits per heavy atom. The number of sulfone groups is 1. The van der Waals surface area contributed by atoms with E-state index in [4.69, 9.17) is 22.1 Å². The van der Waals surface area contributed by atoms with Gasteiger partial charge >= 0.3 is 0 Å². The molecule has 0 heterocycles. The van der Waals surface area contributed by atoms with Crippen molar-refractivity contribution in [1.82, 2.24) is 0 Å². The molecule has 0 aromatic heterocycles. The minimum absolute atomic E-state index is 0.0186. The molecule has 6 heteroatoms. The normalized spacial score (nSPS) is 11.3. The van der Waals surface area contributed by atoms with Crippen molar-refractivity contribution in [3.8, 4) is 5.75 Å². The van der Waals surface area contributed by atoms with E-state index in [0.29, 0.717) is 22.0 Å². The summed E-state index contributed by atoms with van der Waals surface area (Å²) in [6.07, 6.45) is 0. The van der Waals surface area contributed by atoms with Crippen LogP contribution in [0.15, 0.2) is 48.5 Å². The van der Waals surface area contributed by atoms with Crippen LogP contribution in [-0.2, 0) is 15.6 Å². The van der Waals surface area contributed by atoms with Gasteiger partial charge < -0.3 is 10.5 Å². The molecule has 0 spiro atoms. The zero-order chi connectivity index (χ0) is 15.3. The molecule has 2 aromatic rings. The van der Waals surface area contributed by atoms with E-state index in [1.165, 1.54) is 0 Å². The van der Waals surface area contributed by atoms with Crippen LogP contribution in [0.4, 0.5) is 5.69 Å². The molecule has 2 aromatic carbocycles. The lowest BCUT2D eigenvalue weighted by atomic mass is 10.2. The summed E-state index contributed by atoms with van der Waals surface area (Å²) < 4.78 is 29.4. The van der Waals surface area contributed by atoms with Crippen LogP contribution in [0.1, 0.15) is 5.56 Å². The fraction of sp³-hybridized carbons (Fsp3) is 0.200. The molecule has 0 bridgehead atoms.